The van der Waals surface area contributed by atoms with Crippen LogP contribution in [-0.2, 0) is 11.3 Å². The number of halogens is 2. The van der Waals surface area contributed by atoms with Gasteiger partial charge in [-0.25, -0.2) is 4.39 Å². The average Bonchev–Trinajstić information content (AvgIpc) is 2.71. The number of aryl methyl sites for hydroxylation is 2. The third-order valence-electron chi connectivity index (χ3n) is 6.06. The molecule has 0 aliphatic carbocycles. The standard InChI is InChI=1S/C24H30ClFN2O/c1-4-23(19-9-8-16(2)17(3)14-19)27-24(29)18-10-12-28(13-11-18)15-20-21(25)6-5-7-22(20)26/h5-9,14,18,23H,4,10-13,15H2,1-3H3,(H,27,29)/t23-/m1/s1. The van der Waals surface area contributed by atoms with Gasteiger partial charge >= 0.3 is 0 Å². The molecule has 3 rings (SSSR count). The predicted octanol–water partition coefficient (Wildman–Crippen LogP) is 5.58. The Labute approximate surface area is 178 Å². The monoisotopic (exact) mass is 416 g/mol. The summed E-state index contributed by atoms with van der Waals surface area (Å²) in [6.07, 6.45) is 2.42. The summed E-state index contributed by atoms with van der Waals surface area (Å²) in [5.41, 5.74) is 4.21. The van der Waals surface area contributed by atoms with Gasteiger partial charge in [0.15, 0.2) is 0 Å². The van der Waals surface area contributed by atoms with E-state index >= 15 is 0 Å². The number of carbonyl (C=O) groups excluding carboxylic acids is 1. The molecule has 1 aliphatic rings. The molecule has 0 bridgehead atoms. The zero-order valence-electron chi connectivity index (χ0n) is 17.5. The molecule has 5 heteroatoms. The molecule has 0 spiro atoms. The molecule has 0 radical (unpaired) electrons. The van der Waals surface area contributed by atoms with Crippen molar-refractivity contribution in [1.29, 1.82) is 0 Å². The highest BCUT2D eigenvalue weighted by molar-refractivity contribution is 6.31. The van der Waals surface area contributed by atoms with Gasteiger partial charge < -0.3 is 5.32 Å². The van der Waals surface area contributed by atoms with Crippen molar-refractivity contribution in [3.8, 4) is 0 Å². The molecule has 29 heavy (non-hydrogen) atoms. The van der Waals surface area contributed by atoms with Gasteiger partial charge in [-0.1, -0.05) is 42.8 Å². The van der Waals surface area contributed by atoms with Crippen molar-refractivity contribution >= 4 is 17.5 Å². The number of benzene rings is 2. The van der Waals surface area contributed by atoms with Gasteiger partial charge in [0, 0.05) is 23.0 Å². The van der Waals surface area contributed by atoms with E-state index < -0.39 is 0 Å². The molecule has 1 N–H and O–H groups in total. The first-order chi connectivity index (χ1) is 13.9. The van der Waals surface area contributed by atoms with E-state index in [1.165, 1.54) is 17.2 Å². The maximum Gasteiger partial charge on any atom is 0.223 e. The van der Waals surface area contributed by atoms with Crippen LogP contribution in [0, 0.1) is 25.6 Å². The molecular formula is C24H30ClFN2O. The summed E-state index contributed by atoms with van der Waals surface area (Å²) < 4.78 is 14.0. The lowest BCUT2D eigenvalue weighted by molar-refractivity contribution is -0.127. The summed E-state index contributed by atoms with van der Waals surface area (Å²) in [5.74, 6) is -0.141. The zero-order chi connectivity index (χ0) is 21.0. The van der Waals surface area contributed by atoms with Crippen LogP contribution in [0.3, 0.4) is 0 Å². The fraction of sp³-hybridized carbons (Fsp3) is 0.458. The van der Waals surface area contributed by atoms with Gasteiger partial charge in [0.05, 0.1) is 6.04 Å². The first-order valence-electron chi connectivity index (χ1n) is 10.4. The third-order valence-corrected chi connectivity index (χ3v) is 6.41. The number of amides is 1. The molecule has 1 aliphatic heterocycles. The second kappa shape index (κ2) is 9.73. The molecule has 2 aromatic rings. The second-order valence-corrected chi connectivity index (χ2v) is 8.47. The predicted molar refractivity (Wildman–Crippen MR) is 117 cm³/mol. The van der Waals surface area contributed by atoms with Crippen molar-refractivity contribution in [1.82, 2.24) is 10.2 Å². The quantitative estimate of drug-likeness (QED) is 0.667. The molecular weight excluding hydrogens is 387 g/mol. The molecule has 1 fully saturated rings. The van der Waals surface area contributed by atoms with E-state index in [1.807, 2.05) is 0 Å². The van der Waals surface area contributed by atoms with Crippen molar-refractivity contribution in [2.24, 2.45) is 5.92 Å². The molecule has 1 heterocycles. The Bertz CT molecular complexity index is 842. The fourth-order valence-electron chi connectivity index (χ4n) is 3.95. The molecule has 0 aromatic heterocycles. The normalized spacial score (nSPS) is 16.6. The fourth-order valence-corrected chi connectivity index (χ4v) is 4.18. The lowest BCUT2D eigenvalue weighted by Gasteiger charge is -2.32. The van der Waals surface area contributed by atoms with E-state index in [9.17, 15) is 9.18 Å². The number of nitrogens with one attached hydrogen (secondary N) is 1. The van der Waals surface area contributed by atoms with Crippen molar-refractivity contribution in [3.63, 3.8) is 0 Å². The molecule has 1 saturated heterocycles. The number of carbonyl (C=O) groups is 1. The molecule has 2 aromatic carbocycles. The Hall–Kier alpha value is -1.91. The Morgan fingerprint density at radius 1 is 1.21 bits per heavy atom. The van der Waals surface area contributed by atoms with Crippen molar-refractivity contribution in [2.45, 2.75) is 52.6 Å². The summed E-state index contributed by atoms with van der Waals surface area (Å²) in [6, 6.07) is 11.2. The van der Waals surface area contributed by atoms with Crippen LogP contribution < -0.4 is 5.32 Å². The Kier molecular flexibility index (Phi) is 7.31. The Morgan fingerprint density at radius 3 is 2.55 bits per heavy atom. The average molecular weight is 417 g/mol. The van der Waals surface area contributed by atoms with E-state index in [4.69, 9.17) is 11.6 Å². The van der Waals surface area contributed by atoms with Crippen LogP contribution >= 0.6 is 11.6 Å². The van der Waals surface area contributed by atoms with Gasteiger partial charge in [0.1, 0.15) is 5.82 Å². The van der Waals surface area contributed by atoms with E-state index in [0.29, 0.717) is 17.1 Å². The molecule has 156 valence electrons. The number of hydrogen-bond donors (Lipinski definition) is 1. The van der Waals surface area contributed by atoms with Crippen LogP contribution in [-0.4, -0.2) is 23.9 Å². The van der Waals surface area contributed by atoms with Crippen LogP contribution in [0.2, 0.25) is 5.02 Å². The molecule has 3 nitrogen and oxygen atoms in total. The minimum absolute atomic E-state index is 0.00272. The number of likely N-dealkylation sites (tertiary alicyclic amines) is 1. The van der Waals surface area contributed by atoms with Crippen LogP contribution in [0.25, 0.3) is 0 Å². The van der Waals surface area contributed by atoms with E-state index in [0.717, 1.165) is 37.9 Å². The summed E-state index contributed by atoms with van der Waals surface area (Å²) in [5, 5.41) is 3.71. The summed E-state index contributed by atoms with van der Waals surface area (Å²) >= 11 is 6.15. The second-order valence-electron chi connectivity index (χ2n) is 8.06. The smallest absolute Gasteiger partial charge is 0.223 e. The maximum absolute atomic E-state index is 14.0. The van der Waals surface area contributed by atoms with Gasteiger partial charge in [-0.15, -0.1) is 0 Å². The SMILES string of the molecule is CC[C@@H](NC(=O)C1CCN(Cc2c(F)cccc2Cl)CC1)c1ccc(C)c(C)c1. The number of nitrogens with zero attached hydrogens (tertiary/aromatic N) is 1. The molecule has 0 unspecified atom stereocenters. The highest BCUT2D eigenvalue weighted by atomic mass is 35.5. The van der Waals surface area contributed by atoms with Crippen LogP contribution in [0.4, 0.5) is 4.39 Å². The molecule has 0 saturated carbocycles. The number of rotatable bonds is 6. The molecule has 1 atom stereocenters. The summed E-state index contributed by atoms with van der Waals surface area (Å²) in [4.78, 5) is 15.0. The zero-order valence-corrected chi connectivity index (χ0v) is 18.2. The summed E-state index contributed by atoms with van der Waals surface area (Å²) in [7, 11) is 0. The van der Waals surface area contributed by atoms with Gasteiger partial charge in [-0.05, 0) is 75.0 Å². The Morgan fingerprint density at radius 2 is 1.93 bits per heavy atom. The van der Waals surface area contributed by atoms with Gasteiger partial charge in [-0.3, -0.25) is 9.69 Å². The first-order valence-corrected chi connectivity index (χ1v) is 10.8. The highest BCUT2D eigenvalue weighted by Crippen LogP contribution is 2.26. The third kappa shape index (κ3) is 5.37. The molecule has 1 amide bonds. The topological polar surface area (TPSA) is 32.3 Å². The number of piperidine rings is 1. The van der Waals surface area contributed by atoms with E-state index in [-0.39, 0.29) is 23.7 Å². The van der Waals surface area contributed by atoms with Crippen molar-refractivity contribution in [3.05, 3.63) is 69.5 Å². The highest BCUT2D eigenvalue weighted by Gasteiger charge is 2.27. The van der Waals surface area contributed by atoms with Crippen molar-refractivity contribution in [2.75, 3.05) is 13.1 Å². The minimum Gasteiger partial charge on any atom is -0.349 e. The van der Waals surface area contributed by atoms with E-state index in [1.54, 1.807) is 12.1 Å². The van der Waals surface area contributed by atoms with Gasteiger partial charge in [0.2, 0.25) is 5.91 Å². The van der Waals surface area contributed by atoms with Crippen LogP contribution in [0.15, 0.2) is 36.4 Å². The number of hydrogen-bond acceptors (Lipinski definition) is 2. The van der Waals surface area contributed by atoms with Crippen molar-refractivity contribution < 1.29 is 9.18 Å². The lowest BCUT2D eigenvalue weighted by Crippen LogP contribution is -2.41. The van der Waals surface area contributed by atoms with Crippen LogP contribution in [0.5, 0.6) is 0 Å². The van der Waals surface area contributed by atoms with Crippen LogP contribution in [0.1, 0.15) is 54.5 Å². The maximum atomic E-state index is 14.0. The Balaban J connectivity index is 1.56. The summed E-state index contributed by atoms with van der Waals surface area (Å²) in [6.45, 7) is 8.32. The lowest BCUT2D eigenvalue weighted by atomic mass is 9.94. The van der Waals surface area contributed by atoms with Gasteiger partial charge in [0.25, 0.3) is 0 Å². The first kappa shape index (κ1) is 21.8. The minimum atomic E-state index is -0.267. The van der Waals surface area contributed by atoms with E-state index in [2.05, 4.69) is 49.2 Å². The van der Waals surface area contributed by atoms with Gasteiger partial charge in [-0.2, -0.15) is 0 Å². The largest absolute Gasteiger partial charge is 0.349 e.